The van der Waals surface area contributed by atoms with Crippen molar-refractivity contribution < 1.29 is 4.39 Å². The van der Waals surface area contributed by atoms with E-state index >= 15 is 0 Å². The molecule has 0 aliphatic rings. The lowest BCUT2D eigenvalue weighted by molar-refractivity contribution is 0.620. The Bertz CT molecular complexity index is 223. The number of pyridine rings is 1. The molecule has 0 fully saturated rings. The Kier molecular flexibility index (Phi) is 4.18. The van der Waals surface area contributed by atoms with Crippen molar-refractivity contribution in [2.24, 2.45) is 0 Å². The van der Waals surface area contributed by atoms with Crippen LogP contribution in [-0.2, 0) is 0 Å². The molecule has 11 heavy (non-hydrogen) atoms. The predicted octanol–water partition coefficient (Wildman–Crippen LogP) is 2.14. The van der Waals surface area contributed by atoms with Crippen LogP contribution < -0.4 is 5.73 Å². The number of hydrogen-bond acceptors (Lipinski definition) is 2. The Balaban J connectivity index is 0.000000461. The zero-order valence-electron chi connectivity index (χ0n) is 7.06. The van der Waals surface area contributed by atoms with Crippen LogP contribution in [0.15, 0.2) is 12.3 Å². The molecule has 62 valence electrons. The van der Waals surface area contributed by atoms with Crippen LogP contribution >= 0.6 is 0 Å². The quantitative estimate of drug-likeness (QED) is 0.625. The molecule has 0 radical (unpaired) electrons. The standard InChI is InChI=1S/C6H7FN2.C2H6/c1-4-2-5(7)3-9-6(4)8;1-2/h2-3H,1H3,(H2,8,9);1-2H3. The molecule has 0 aromatic carbocycles. The largest absolute Gasteiger partial charge is 0.383 e. The van der Waals surface area contributed by atoms with Gasteiger partial charge in [0, 0.05) is 0 Å². The first-order chi connectivity index (χ1) is 5.20. The van der Waals surface area contributed by atoms with Gasteiger partial charge in [0.15, 0.2) is 0 Å². The fourth-order valence-electron chi connectivity index (χ4n) is 0.551. The third-order valence-corrected chi connectivity index (χ3v) is 1.09. The molecular formula is C8H13FN2. The number of rotatable bonds is 0. The summed E-state index contributed by atoms with van der Waals surface area (Å²) in [5.74, 6) is 0.0399. The average Bonchev–Trinajstić information content (AvgIpc) is 2.02. The Morgan fingerprint density at radius 1 is 1.45 bits per heavy atom. The lowest BCUT2D eigenvalue weighted by Crippen LogP contribution is -1.93. The summed E-state index contributed by atoms with van der Waals surface area (Å²) in [6.07, 6.45) is 1.10. The highest BCUT2D eigenvalue weighted by molar-refractivity contribution is 5.37. The van der Waals surface area contributed by atoms with Crippen LogP contribution in [-0.4, -0.2) is 4.98 Å². The third-order valence-electron chi connectivity index (χ3n) is 1.09. The number of aromatic nitrogens is 1. The van der Waals surface area contributed by atoms with Gasteiger partial charge in [0.25, 0.3) is 0 Å². The molecule has 0 spiro atoms. The van der Waals surface area contributed by atoms with Gasteiger partial charge in [-0.15, -0.1) is 0 Å². The summed E-state index contributed by atoms with van der Waals surface area (Å²) in [7, 11) is 0. The van der Waals surface area contributed by atoms with Crippen LogP contribution in [0.25, 0.3) is 0 Å². The number of halogens is 1. The van der Waals surface area contributed by atoms with Crippen LogP contribution in [0.5, 0.6) is 0 Å². The van der Waals surface area contributed by atoms with Gasteiger partial charge in [-0.2, -0.15) is 0 Å². The molecule has 3 heteroatoms. The normalized spacial score (nSPS) is 8.36. The molecule has 1 rings (SSSR count). The van der Waals surface area contributed by atoms with Gasteiger partial charge in [0.05, 0.1) is 6.20 Å². The predicted molar refractivity (Wildman–Crippen MR) is 44.7 cm³/mol. The molecule has 0 amide bonds. The Labute approximate surface area is 66.3 Å². The molecule has 2 nitrogen and oxygen atoms in total. The molecule has 0 aliphatic heterocycles. The van der Waals surface area contributed by atoms with Crippen molar-refractivity contribution in [3.05, 3.63) is 23.6 Å². The molecule has 0 saturated heterocycles. The second-order valence-electron chi connectivity index (χ2n) is 1.86. The maximum atomic E-state index is 12.2. The van der Waals surface area contributed by atoms with Gasteiger partial charge in [0.1, 0.15) is 11.6 Å². The number of nitrogens with two attached hydrogens (primary N) is 1. The van der Waals surface area contributed by atoms with E-state index in [1.807, 2.05) is 13.8 Å². The van der Waals surface area contributed by atoms with Crippen molar-refractivity contribution in [3.63, 3.8) is 0 Å². The first-order valence-corrected chi connectivity index (χ1v) is 3.58. The molecule has 0 saturated carbocycles. The van der Waals surface area contributed by atoms with E-state index in [0.29, 0.717) is 11.4 Å². The van der Waals surface area contributed by atoms with Crippen LogP contribution in [0, 0.1) is 12.7 Å². The summed E-state index contributed by atoms with van der Waals surface area (Å²) in [4.78, 5) is 3.58. The second-order valence-corrected chi connectivity index (χ2v) is 1.86. The highest BCUT2D eigenvalue weighted by Crippen LogP contribution is 2.06. The zero-order chi connectivity index (χ0) is 8.85. The second kappa shape index (κ2) is 4.66. The lowest BCUT2D eigenvalue weighted by Gasteiger charge is -1.95. The van der Waals surface area contributed by atoms with Crippen LogP contribution in [0.2, 0.25) is 0 Å². The van der Waals surface area contributed by atoms with E-state index in [9.17, 15) is 4.39 Å². The summed E-state index contributed by atoms with van der Waals surface area (Å²) in [5.41, 5.74) is 5.99. The summed E-state index contributed by atoms with van der Waals surface area (Å²) in [6, 6.07) is 1.35. The smallest absolute Gasteiger partial charge is 0.141 e. The van der Waals surface area contributed by atoms with Crippen LogP contribution in [0.3, 0.4) is 0 Å². The first kappa shape index (κ1) is 9.88. The minimum absolute atomic E-state index is 0.346. The molecular weight excluding hydrogens is 143 g/mol. The molecule has 0 unspecified atom stereocenters. The fraction of sp³-hybridized carbons (Fsp3) is 0.375. The monoisotopic (exact) mass is 156 g/mol. The minimum atomic E-state index is -0.346. The zero-order valence-corrected chi connectivity index (χ0v) is 7.06. The molecule has 0 atom stereocenters. The lowest BCUT2D eigenvalue weighted by atomic mass is 10.3. The first-order valence-electron chi connectivity index (χ1n) is 3.58. The van der Waals surface area contributed by atoms with E-state index in [1.54, 1.807) is 6.92 Å². The molecule has 1 aromatic heterocycles. The molecule has 1 heterocycles. The maximum Gasteiger partial charge on any atom is 0.141 e. The molecule has 0 aliphatic carbocycles. The number of aryl methyl sites for hydroxylation is 1. The summed E-state index contributed by atoms with van der Waals surface area (Å²) in [6.45, 7) is 5.71. The maximum absolute atomic E-state index is 12.2. The van der Waals surface area contributed by atoms with Gasteiger partial charge in [0.2, 0.25) is 0 Å². The summed E-state index contributed by atoms with van der Waals surface area (Å²) < 4.78 is 12.2. The van der Waals surface area contributed by atoms with Gasteiger partial charge in [-0.25, -0.2) is 9.37 Å². The SMILES string of the molecule is CC.Cc1cc(F)cnc1N. The Hall–Kier alpha value is -1.12. The van der Waals surface area contributed by atoms with Crippen LogP contribution in [0.1, 0.15) is 19.4 Å². The van der Waals surface area contributed by atoms with Crippen LogP contribution in [0.4, 0.5) is 10.2 Å². The third kappa shape index (κ3) is 2.98. The average molecular weight is 156 g/mol. The number of anilines is 1. The fourth-order valence-corrected chi connectivity index (χ4v) is 0.551. The molecule has 1 aromatic rings. The number of nitrogen functional groups attached to an aromatic ring is 1. The summed E-state index contributed by atoms with van der Waals surface area (Å²) >= 11 is 0. The van der Waals surface area contributed by atoms with Crippen molar-refractivity contribution in [1.29, 1.82) is 0 Å². The topological polar surface area (TPSA) is 38.9 Å². The van der Waals surface area contributed by atoms with E-state index in [2.05, 4.69) is 4.98 Å². The highest BCUT2D eigenvalue weighted by Gasteiger charge is 1.94. The van der Waals surface area contributed by atoms with Gasteiger partial charge in [-0.05, 0) is 18.6 Å². The summed E-state index contributed by atoms with van der Waals surface area (Å²) in [5, 5.41) is 0. The number of hydrogen-bond donors (Lipinski definition) is 1. The van der Waals surface area contributed by atoms with Gasteiger partial charge < -0.3 is 5.73 Å². The van der Waals surface area contributed by atoms with E-state index in [-0.39, 0.29) is 5.82 Å². The Morgan fingerprint density at radius 3 is 2.36 bits per heavy atom. The molecule has 0 bridgehead atoms. The Morgan fingerprint density at radius 2 is 2.00 bits per heavy atom. The van der Waals surface area contributed by atoms with Crippen molar-refractivity contribution in [3.8, 4) is 0 Å². The number of nitrogens with zero attached hydrogens (tertiary/aromatic N) is 1. The van der Waals surface area contributed by atoms with Gasteiger partial charge in [-0.3, -0.25) is 0 Å². The van der Waals surface area contributed by atoms with Gasteiger partial charge in [-0.1, -0.05) is 13.8 Å². The van der Waals surface area contributed by atoms with Crippen molar-refractivity contribution in [2.45, 2.75) is 20.8 Å². The van der Waals surface area contributed by atoms with Crippen molar-refractivity contribution in [1.82, 2.24) is 4.98 Å². The van der Waals surface area contributed by atoms with Gasteiger partial charge >= 0.3 is 0 Å². The van der Waals surface area contributed by atoms with E-state index < -0.39 is 0 Å². The molecule has 2 N–H and O–H groups in total. The van der Waals surface area contributed by atoms with E-state index in [0.717, 1.165) is 6.20 Å². The highest BCUT2D eigenvalue weighted by atomic mass is 19.1. The van der Waals surface area contributed by atoms with E-state index in [4.69, 9.17) is 5.73 Å². The van der Waals surface area contributed by atoms with E-state index in [1.165, 1.54) is 6.07 Å². The minimum Gasteiger partial charge on any atom is -0.383 e. The van der Waals surface area contributed by atoms with Crippen molar-refractivity contribution in [2.75, 3.05) is 5.73 Å². The van der Waals surface area contributed by atoms with Crippen molar-refractivity contribution >= 4 is 5.82 Å².